The maximum Gasteiger partial charge on any atom is 0.0587 e. The lowest BCUT2D eigenvalue weighted by Crippen LogP contribution is -2.47. The quantitative estimate of drug-likeness (QED) is 0.758. The van der Waals surface area contributed by atoms with Crippen molar-refractivity contribution < 1.29 is 4.74 Å². The molecule has 1 aliphatic heterocycles. The van der Waals surface area contributed by atoms with Crippen molar-refractivity contribution in [2.75, 3.05) is 39.9 Å². The molecule has 0 spiro atoms. The van der Waals surface area contributed by atoms with Crippen LogP contribution in [0.1, 0.15) is 46.0 Å². The molecule has 0 bridgehead atoms. The van der Waals surface area contributed by atoms with Gasteiger partial charge in [0.1, 0.15) is 0 Å². The molecule has 2 aliphatic rings. The van der Waals surface area contributed by atoms with Crippen molar-refractivity contribution in [3.8, 4) is 0 Å². The van der Waals surface area contributed by atoms with Crippen molar-refractivity contribution in [1.29, 1.82) is 0 Å². The summed E-state index contributed by atoms with van der Waals surface area (Å²) in [5.41, 5.74) is 0. The Kier molecular flexibility index (Phi) is 6.79. The predicted molar refractivity (Wildman–Crippen MR) is 85.0 cm³/mol. The van der Waals surface area contributed by atoms with Gasteiger partial charge in [-0.05, 0) is 62.9 Å². The van der Waals surface area contributed by atoms with Crippen LogP contribution in [0.5, 0.6) is 0 Å². The van der Waals surface area contributed by atoms with E-state index in [2.05, 4.69) is 24.1 Å². The molecule has 20 heavy (non-hydrogen) atoms. The van der Waals surface area contributed by atoms with Gasteiger partial charge in [0.25, 0.3) is 0 Å². The van der Waals surface area contributed by atoms with Crippen LogP contribution >= 0.6 is 0 Å². The monoisotopic (exact) mass is 282 g/mol. The summed E-state index contributed by atoms with van der Waals surface area (Å²) < 4.78 is 5.10. The van der Waals surface area contributed by atoms with Crippen molar-refractivity contribution in [1.82, 2.24) is 10.2 Å². The normalized spacial score (nSPS) is 36.1. The number of nitrogens with one attached hydrogen (secondary N) is 1. The first-order chi connectivity index (χ1) is 9.70. The molecule has 1 aliphatic carbocycles. The molecule has 3 nitrogen and oxygen atoms in total. The number of ether oxygens (including phenoxy) is 1. The molecule has 3 heteroatoms. The second kappa shape index (κ2) is 8.35. The Morgan fingerprint density at radius 2 is 2.00 bits per heavy atom. The average molecular weight is 282 g/mol. The van der Waals surface area contributed by atoms with Crippen LogP contribution in [0.25, 0.3) is 0 Å². The number of likely N-dealkylation sites (tertiary alicyclic amines) is 1. The summed E-state index contributed by atoms with van der Waals surface area (Å²) in [6.07, 6.45) is 7.06. The smallest absolute Gasteiger partial charge is 0.0587 e. The van der Waals surface area contributed by atoms with E-state index in [1.807, 2.05) is 0 Å². The third-order valence-electron chi connectivity index (χ3n) is 5.55. The van der Waals surface area contributed by atoms with E-state index in [4.69, 9.17) is 4.74 Å². The van der Waals surface area contributed by atoms with Gasteiger partial charge >= 0.3 is 0 Å². The van der Waals surface area contributed by atoms with Crippen molar-refractivity contribution in [3.05, 3.63) is 0 Å². The van der Waals surface area contributed by atoms with E-state index < -0.39 is 0 Å². The van der Waals surface area contributed by atoms with Crippen LogP contribution in [0.3, 0.4) is 0 Å². The van der Waals surface area contributed by atoms with Crippen LogP contribution in [0.4, 0.5) is 0 Å². The molecule has 0 aromatic heterocycles. The van der Waals surface area contributed by atoms with E-state index in [0.717, 1.165) is 36.9 Å². The zero-order valence-electron chi connectivity index (χ0n) is 13.7. The molecule has 0 radical (unpaired) electrons. The van der Waals surface area contributed by atoms with E-state index in [9.17, 15) is 0 Å². The standard InChI is InChI=1S/C17H34N2O/c1-14-6-7-17(11-15(14)2)19-9-4-5-16(13-19)12-18-8-10-20-3/h14-18H,4-13H2,1-3H3. The first kappa shape index (κ1) is 16.3. The topological polar surface area (TPSA) is 24.5 Å². The van der Waals surface area contributed by atoms with Crippen LogP contribution in [0.2, 0.25) is 0 Å². The molecular weight excluding hydrogens is 248 g/mol. The molecule has 118 valence electrons. The highest BCUT2D eigenvalue weighted by molar-refractivity contribution is 4.85. The molecule has 0 amide bonds. The van der Waals surface area contributed by atoms with Gasteiger partial charge in [-0.1, -0.05) is 13.8 Å². The first-order valence-electron chi connectivity index (χ1n) is 8.64. The Hall–Kier alpha value is -0.120. The Morgan fingerprint density at radius 3 is 2.75 bits per heavy atom. The van der Waals surface area contributed by atoms with Crippen molar-refractivity contribution in [2.24, 2.45) is 17.8 Å². The third-order valence-corrected chi connectivity index (χ3v) is 5.55. The van der Waals surface area contributed by atoms with Crippen LogP contribution in [0.15, 0.2) is 0 Å². The molecule has 4 unspecified atom stereocenters. The summed E-state index contributed by atoms with van der Waals surface area (Å²) in [6, 6.07) is 0.864. The fraction of sp³-hybridized carbons (Fsp3) is 1.00. The summed E-state index contributed by atoms with van der Waals surface area (Å²) in [5, 5.41) is 3.54. The van der Waals surface area contributed by atoms with E-state index in [0.29, 0.717) is 0 Å². The summed E-state index contributed by atoms with van der Waals surface area (Å²) in [7, 11) is 1.77. The minimum Gasteiger partial charge on any atom is -0.383 e. The van der Waals surface area contributed by atoms with Gasteiger partial charge in [0, 0.05) is 26.2 Å². The zero-order chi connectivity index (χ0) is 14.4. The Morgan fingerprint density at radius 1 is 1.15 bits per heavy atom. The first-order valence-corrected chi connectivity index (χ1v) is 8.64. The molecular formula is C17H34N2O. The zero-order valence-corrected chi connectivity index (χ0v) is 13.7. The number of piperidine rings is 1. The van der Waals surface area contributed by atoms with Gasteiger partial charge in [0.05, 0.1) is 6.61 Å². The number of rotatable bonds is 6. The molecule has 1 saturated heterocycles. The summed E-state index contributed by atoms with van der Waals surface area (Å²) >= 11 is 0. The van der Waals surface area contributed by atoms with Crippen molar-refractivity contribution >= 4 is 0 Å². The summed E-state index contributed by atoms with van der Waals surface area (Å²) in [6.45, 7) is 10.5. The highest BCUT2D eigenvalue weighted by Gasteiger charge is 2.31. The highest BCUT2D eigenvalue weighted by Crippen LogP contribution is 2.33. The highest BCUT2D eigenvalue weighted by atomic mass is 16.5. The Labute approximate surface area is 125 Å². The second-order valence-electron chi connectivity index (χ2n) is 7.12. The molecule has 0 aromatic carbocycles. The largest absolute Gasteiger partial charge is 0.383 e. The third kappa shape index (κ3) is 4.71. The van der Waals surface area contributed by atoms with Crippen LogP contribution in [-0.2, 0) is 4.74 Å². The Bertz CT molecular complexity index is 272. The van der Waals surface area contributed by atoms with E-state index >= 15 is 0 Å². The van der Waals surface area contributed by atoms with E-state index in [1.54, 1.807) is 7.11 Å². The van der Waals surface area contributed by atoms with Crippen molar-refractivity contribution in [2.45, 2.75) is 52.0 Å². The number of hydrogen-bond acceptors (Lipinski definition) is 3. The van der Waals surface area contributed by atoms with E-state index in [-0.39, 0.29) is 0 Å². The number of hydrogen-bond donors (Lipinski definition) is 1. The van der Waals surface area contributed by atoms with Crippen LogP contribution in [-0.4, -0.2) is 50.8 Å². The molecule has 1 N–H and O–H groups in total. The van der Waals surface area contributed by atoms with Crippen LogP contribution in [0, 0.1) is 17.8 Å². The van der Waals surface area contributed by atoms with Gasteiger partial charge < -0.3 is 15.0 Å². The minimum absolute atomic E-state index is 0.828. The lowest BCUT2D eigenvalue weighted by atomic mass is 9.78. The Balaban J connectivity index is 1.72. The maximum absolute atomic E-state index is 5.10. The fourth-order valence-electron chi connectivity index (χ4n) is 3.93. The summed E-state index contributed by atoms with van der Waals surface area (Å²) in [5.74, 6) is 2.69. The molecule has 1 saturated carbocycles. The maximum atomic E-state index is 5.10. The molecule has 2 fully saturated rings. The van der Waals surface area contributed by atoms with Gasteiger partial charge in [-0.2, -0.15) is 0 Å². The lowest BCUT2D eigenvalue weighted by Gasteiger charge is -2.43. The summed E-state index contributed by atoms with van der Waals surface area (Å²) in [4.78, 5) is 2.80. The van der Waals surface area contributed by atoms with Crippen molar-refractivity contribution in [3.63, 3.8) is 0 Å². The second-order valence-corrected chi connectivity index (χ2v) is 7.12. The SMILES string of the molecule is COCCNCC1CCCN(C2CCC(C)C(C)C2)C1. The van der Waals surface area contributed by atoms with Gasteiger partial charge in [0.2, 0.25) is 0 Å². The number of methoxy groups -OCH3 is 1. The predicted octanol–water partition coefficient (Wildman–Crippen LogP) is 2.76. The van der Waals surface area contributed by atoms with Crippen LogP contribution < -0.4 is 5.32 Å². The fourth-order valence-corrected chi connectivity index (χ4v) is 3.93. The molecule has 0 aromatic rings. The van der Waals surface area contributed by atoms with Gasteiger partial charge in [-0.15, -0.1) is 0 Å². The van der Waals surface area contributed by atoms with Gasteiger partial charge in [0.15, 0.2) is 0 Å². The number of nitrogens with zero attached hydrogens (tertiary/aromatic N) is 1. The lowest BCUT2D eigenvalue weighted by molar-refractivity contribution is 0.0688. The molecule has 4 atom stereocenters. The minimum atomic E-state index is 0.828. The molecule has 1 heterocycles. The van der Waals surface area contributed by atoms with Gasteiger partial charge in [-0.3, -0.25) is 0 Å². The molecule has 2 rings (SSSR count). The van der Waals surface area contributed by atoms with E-state index in [1.165, 1.54) is 51.7 Å². The van der Waals surface area contributed by atoms with Gasteiger partial charge in [-0.25, -0.2) is 0 Å². The average Bonchev–Trinajstić information content (AvgIpc) is 2.47.